The Hall–Kier alpha value is -2.10. The van der Waals surface area contributed by atoms with Gasteiger partial charge in [-0.1, -0.05) is 18.2 Å². The molecule has 0 saturated carbocycles. The van der Waals surface area contributed by atoms with E-state index >= 15 is 0 Å². The van der Waals surface area contributed by atoms with Gasteiger partial charge in [0.05, 0.1) is 6.61 Å². The van der Waals surface area contributed by atoms with Gasteiger partial charge in [-0.3, -0.25) is 4.79 Å². The van der Waals surface area contributed by atoms with Crippen LogP contribution in [0.25, 0.3) is 11.0 Å². The van der Waals surface area contributed by atoms with Crippen molar-refractivity contribution < 1.29 is 13.9 Å². The molecule has 4 heteroatoms. The monoisotopic (exact) mass is 260 g/mol. The predicted octanol–water partition coefficient (Wildman–Crippen LogP) is 2.68. The number of carbonyl (C=O) groups excluding carboxylic acids is 1. The molecule has 0 spiro atoms. The van der Waals surface area contributed by atoms with Crippen LogP contribution >= 0.6 is 0 Å². The minimum atomic E-state index is -0.331. The van der Waals surface area contributed by atoms with Gasteiger partial charge in [0.2, 0.25) is 0 Å². The van der Waals surface area contributed by atoms with Gasteiger partial charge in [-0.25, -0.2) is 4.79 Å². The third kappa shape index (κ3) is 3.44. The van der Waals surface area contributed by atoms with Crippen molar-refractivity contribution in [3.63, 3.8) is 0 Å². The fraction of sp³-hybridized carbons (Fsp3) is 0.333. The van der Waals surface area contributed by atoms with E-state index in [9.17, 15) is 9.59 Å². The number of fused-ring (bicyclic) bond motifs is 1. The molecule has 0 N–H and O–H groups in total. The molecule has 1 heterocycles. The van der Waals surface area contributed by atoms with Gasteiger partial charge in [0, 0.05) is 17.4 Å². The maximum absolute atomic E-state index is 11.8. The second kappa shape index (κ2) is 6.18. The molecule has 0 unspecified atom stereocenters. The summed E-state index contributed by atoms with van der Waals surface area (Å²) >= 11 is 0. The number of carbonyl (C=O) groups is 1. The third-order valence-corrected chi connectivity index (χ3v) is 2.85. The average Bonchev–Trinajstić information content (AvgIpc) is 2.39. The first kappa shape index (κ1) is 13.3. The zero-order chi connectivity index (χ0) is 13.7. The van der Waals surface area contributed by atoms with Crippen LogP contribution in [0, 0.1) is 0 Å². The molecule has 19 heavy (non-hydrogen) atoms. The molecule has 2 aromatic rings. The minimum Gasteiger partial charge on any atom is -0.466 e. The van der Waals surface area contributed by atoms with Crippen molar-refractivity contribution in [2.24, 2.45) is 0 Å². The van der Waals surface area contributed by atoms with E-state index in [1.807, 2.05) is 24.3 Å². The molecule has 100 valence electrons. The fourth-order valence-electron chi connectivity index (χ4n) is 1.94. The Labute approximate surface area is 111 Å². The highest BCUT2D eigenvalue weighted by molar-refractivity contribution is 5.76. The molecule has 0 fully saturated rings. The molecule has 0 bridgehead atoms. The summed E-state index contributed by atoms with van der Waals surface area (Å²) < 4.78 is 10.1. The summed E-state index contributed by atoms with van der Waals surface area (Å²) in [4.78, 5) is 23.0. The average molecular weight is 260 g/mol. The molecule has 0 aliphatic heterocycles. The number of ether oxygens (including phenoxy) is 1. The summed E-state index contributed by atoms with van der Waals surface area (Å²) in [5, 5.41) is 0.897. The van der Waals surface area contributed by atoms with E-state index in [2.05, 4.69) is 0 Å². The van der Waals surface area contributed by atoms with E-state index in [4.69, 9.17) is 9.15 Å². The zero-order valence-corrected chi connectivity index (χ0v) is 10.8. The zero-order valence-electron chi connectivity index (χ0n) is 10.8. The Morgan fingerprint density at radius 2 is 2.11 bits per heavy atom. The highest BCUT2D eigenvalue weighted by atomic mass is 16.5. The molecule has 1 aromatic carbocycles. The van der Waals surface area contributed by atoms with Crippen LogP contribution in [-0.4, -0.2) is 12.6 Å². The van der Waals surface area contributed by atoms with Gasteiger partial charge in [0.25, 0.3) is 0 Å². The highest BCUT2D eigenvalue weighted by Crippen LogP contribution is 2.13. The summed E-state index contributed by atoms with van der Waals surface area (Å²) in [5.41, 5.74) is 0.854. The lowest BCUT2D eigenvalue weighted by Crippen LogP contribution is -2.09. The molecule has 0 amide bonds. The van der Waals surface area contributed by atoms with E-state index < -0.39 is 0 Å². The lowest BCUT2D eigenvalue weighted by Gasteiger charge is -2.03. The van der Waals surface area contributed by atoms with Crippen molar-refractivity contribution in [1.82, 2.24) is 0 Å². The number of aryl methyl sites for hydroxylation is 1. The molecule has 0 atom stereocenters. The van der Waals surface area contributed by atoms with Crippen molar-refractivity contribution in [2.45, 2.75) is 26.2 Å². The summed E-state index contributed by atoms with van der Waals surface area (Å²) in [6.07, 6.45) is 1.42. The Morgan fingerprint density at radius 3 is 2.89 bits per heavy atom. The first-order chi connectivity index (χ1) is 9.20. The summed E-state index contributed by atoms with van der Waals surface area (Å²) in [7, 11) is 0. The first-order valence-corrected chi connectivity index (χ1v) is 6.38. The summed E-state index contributed by atoms with van der Waals surface area (Å²) in [5.74, 6) is -0.229. The van der Waals surface area contributed by atoms with Gasteiger partial charge in [-0.05, 0) is 31.9 Å². The van der Waals surface area contributed by atoms with Crippen molar-refractivity contribution >= 4 is 16.9 Å². The number of esters is 1. The van der Waals surface area contributed by atoms with Gasteiger partial charge in [0.15, 0.2) is 0 Å². The van der Waals surface area contributed by atoms with Gasteiger partial charge >= 0.3 is 11.6 Å². The van der Waals surface area contributed by atoms with Crippen LogP contribution < -0.4 is 5.63 Å². The summed E-state index contributed by atoms with van der Waals surface area (Å²) in [6, 6.07) is 9.20. The molecule has 4 nitrogen and oxygen atoms in total. The van der Waals surface area contributed by atoms with Crippen LogP contribution in [0.1, 0.15) is 25.3 Å². The van der Waals surface area contributed by atoms with Gasteiger partial charge < -0.3 is 9.15 Å². The van der Waals surface area contributed by atoms with E-state index in [-0.39, 0.29) is 11.6 Å². The number of hydrogen-bond donors (Lipinski definition) is 0. The molecule has 0 saturated heterocycles. The molecular formula is C15H16O4. The molecule has 2 rings (SSSR count). The lowest BCUT2D eigenvalue weighted by atomic mass is 10.1. The lowest BCUT2D eigenvalue weighted by molar-refractivity contribution is -0.143. The molecular weight excluding hydrogens is 244 g/mol. The van der Waals surface area contributed by atoms with Crippen molar-refractivity contribution in [3.05, 3.63) is 46.3 Å². The predicted molar refractivity (Wildman–Crippen MR) is 72.1 cm³/mol. The Kier molecular flexibility index (Phi) is 4.34. The molecule has 0 radical (unpaired) electrons. The van der Waals surface area contributed by atoms with Crippen LogP contribution in [0.5, 0.6) is 0 Å². The Balaban J connectivity index is 2.06. The van der Waals surface area contributed by atoms with Crippen LogP contribution in [0.15, 0.2) is 39.5 Å². The van der Waals surface area contributed by atoms with Crippen LogP contribution in [-0.2, 0) is 16.0 Å². The quantitative estimate of drug-likeness (QED) is 0.612. The largest absolute Gasteiger partial charge is 0.466 e. The third-order valence-electron chi connectivity index (χ3n) is 2.85. The molecule has 0 aliphatic carbocycles. The topological polar surface area (TPSA) is 56.5 Å². The highest BCUT2D eigenvalue weighted by Gasteiger charge is 2.07. The van der Waals surface area contributed by atoms with Crippen LogP contribution in [0.3, 0.4) is 0 Å². The number of rotatable bonds is 5. The maximum Gasteiger partial charge on any atom is 0.339 e. The Bertz CT molecular complexity index is 627. The van der Waals surface area contributed by atoms with Crippen LogP contribution in [0.2, 0.25) is 0 Å². The standard InChI is InChI=1S/C15H16O4/c1-2-18-14(16)9-5-7-12-10-11-6-3-4-8-13(11)19-15(12)17/h3-4,6,8,10H,2,5,7,9H2,1H3. The van der Waals surface area contributed by atoms with Gasteiger partial charge in [-0.15, -0.1) is 0 Å². The fourth-order valence-corrected chi connectivity index (χ4v) is 1.94. The maximum atomic E-state index is 11.8. The Morgan fingerprint density at radius 1 is 1.32 bits per heavy atom. The SMILES string of the molecule is CCOC(=O)CCCc1cc2ccccc2oc1=O. The second-order valence-electron chi connectivity index (χ2n) is 4.26. The van der Waals surface area contributed by atoms with Crippen molar-refractivity contribution in [3.8, 4) is 0 Å². The van der Waals surface area contributed by atoms with E-state index in [1.54, 1.807) is 13.0 Å². The van der Waals surface area contributed by atoms with E-state index in [0.717, 1.165) is 5.39 Å². The minimum absolute atomic E-state index is 0.229. The van der Waals surface area contributed by atoms with E-state index in [0.29, 0.717) is 37.0 Å². The van der Waals surface area contributed by atoms with Gasteiger partial charge in [0.1, 0.15) is 5.58 Å². The van der Waals surface area contributed by atoms with Crippen molar-refractivity contribution in [2.75, 3.05) is 6.61 Å². The van der Waals surface area contributed by atoms with E-state index in [1.165, 1.54) is 0 Å². The number of benzene rings is 1. The number of para-hydroxylation sites is 1. The number of hydrogen-bond acceptors (Lipinski definition) is 4. The summed E-state index contributed by atoms with van der Waals surface area (Å²) in [6.45, 7) is 2.16. The smallest absolute Gasteiger partial charge is 0.339 e. The van der Waals surface area contributed by atoms with Crippen molar-refractivity contribution in [1.29, 1.82) is 0 Å². The molecule has 0 aliphatic rings. The second-order valence-corrected chi connectivity index (χ2v) is 4.26. The van der Waals surface area contributed by atoms with Gasteiger partial charge in [-0.2, -0.15) is 0 Å². The normalized spacial score (nSPS) is 10.6. The first-order valence-electron chi connectivity index (χ1n) is 6.38. The van der Waals surface area contributed by atoms with Crippen LogP contribution in [0.4, 0.5) is 0 Å². The molecule has 1 aromatic heterocycles.